The molecular weight excluding hydrogens is 342 g/mol. The summed E-state index contributed by atoms with van der Waals surface area (Å²) < 4.78 is 1.91. The van der Waals surface area contributed by atoms with Crippen LogP contribution < -0.4 is 5.32 Å². The predicted octanol–water partition coefficient (Wildman–Crippen LogP) is 3.80. The molecule has 82 valence electrons. The molecule has 2 atom stereocenters. The number of amides is 1. The number of hydrogen-bond acceptors (Lipinski definition) is 2. The van der Waals surface area contributed by atoms with Crippen molar-refractivity contribution in [3.8, 4) is 0 Å². The molecule has 1 aromatic rings. The summed E-state index contributed by atoms with van der Waals surface area (Å²) in [7, 11) is 0. The lowest BCUT2D eigenvalue weighted by atomic mass is 9.81. The van der Waals surface area contributed by atoms with E-state index in [0.717, 1.165) is 19.6 Å². The van der Waals surface area contributed by atoms with Gasteiger partial charge in [-0.2, -0.15) is 0 Å². The number of thiophene rings is 1. The number of hydrogen-bond donors (Lipinski definition) is 1. The Morgan fingerprint density at radius 1 is 1.53 bits per heavy atom. The van der Waals surface area contributed by atoms with Gasteiger partial charge in [-0.05, 0) is 56.7 Å². The molecule has 5 heteroatoms. The second kappa shape index (κ2) is 4.55. The van der Waals surface area contributed by atoms with Gasteiger partial charge in [0, 0.05) is 10.5 Å². The molecule has 1 amide bonds. The van der Waals surface area contributed by atoms with Gasteiger partial charge in [-0.1, -0.05) is 6.92 Å². The third kappa shape index (κ3) is 2.45. The van der Waals surface area contributed by atoms with E-state index in [1.54, 1.807) is 0 Å². The number of carbonyl (C=O) groups excluding carboxylic acids is 1. The van der Waals surface area contributed by atoms with Crippen molar-refractivity contribution in [1.29, 1.82) is 0 Å². The summed E-state index contributed by atoms with van der Waals surface area (Å²) >= 11 is 8.22. The summed E-state index contributed by atoms with van der Waals surface area (Å²) in [6.45, 7) is 2.18. The SMILES string of the molecule is CC1CCC1NC(=O)c1cc(Br)c(Br)s1. The van der Waals surface area contributed by atoms with Crippen molar-refractivity contribution >= 4 is 49.1 Å². The molecule has 2 rings (SSSR count). The Kier molecular flexibility index (Phi) is 3.52. The molecule has 1 aliphatic carbocycles. The predicted molar refractivity (Wildman–Crippen MR) is 69.4 cm³/mol. The van der Waals surface area contributed by atoms with E-state index in [-0.39, 0.29) is 5.91 Å². The van der Waals surface area contributed by atoms with E-state index >= 15 is 0 Å². The van der Waals surface area contributed by atoms with Gasteiger partial charge < -0.3 is 5.32 Å². The van der Waals surface area contributed by atoms with Crippen LogP contribution in [0.2, 0.25) is 0 Å². The minimum absolute atomic E-state index is 0.0444. The fraction of sp³-hybridized carbons (Fsp3) is 0.500. The van der Waals surface area contributed by atoms with Crippen LogP contribution in [0.25, 0.3) is 0 Å². The maximum absolute atomic E-state index is 11.8. The molecule has 1 aromatic heterocycles. The zero-order valence-corrected chi connectivity index (χ0v) is 12.2. The fourth-order valence-electron chi connectivity index (χ4n) is 1.58. The Morgan fingerprint density at radius 3 is 2.67 bits per heavy atom. The number of rotatable bonds is 2. The Hall–Kier alpha value is 0.130. The summed E-state index contributed by atoms with van der Waals surface area (Å²) in [4.78, 5) is 12.6. The lowest BCUT2D eigenvalue weighted by Crippen LogP contribution is -2.45. The first-order valence-electron chi connectivity index (χ1n) is 4.83. The summed E-state index contributed by atoms with van der Waals surface area (Å²) in [5.74, 6) is 0.670. The van der Waals surface area contributed by atoms with Gasteiger partial charge >= 0.3 is 0 Å². The molecule has 0 radical (unpaired) electrons. The van der Waals surface area contributed by atoms with Gasteiger partial charge in [-0.15, -0.1) is 11.3 Å². The minimum atomic E-state index is 0.0444. The monoisotopic (exact) mass is 351 g/mol. The van der Waals surface area contributed by atoms with E-state index in [1.807, 2.05) is 6.07 Å². The largest absolute Gasteiger partial charge is 0.348 e. The van der Waals surface area contributed by atoms with Gasteiger partial charge in [0.05, 0.1) is 8.66 Å². The van der Waals surface area contributed by atoms with Crippen LogP contribution in [0.4, 0.5) is 0 Å². The first-order chi connectivity index (χ1) is 7.08. The van der Waals surface area contributed by atoms with Crippen LogP contribution in [0.15, 0.2) is 14.3 Å². The highest BCUT2D eigenvalue weighted by Gasteiger charge is 2.28. The van der Waals surface area contributed by atoms with Crippen molar-refractivity contribution < 1.29 is 4.79 Å². The van der Waals surface area contributed by atoms with Crippen LogP contribution >= 0.6 is 43.2 Å². The van der Waals surface area contributed by atoms with Crippen molar-refractivity contribution in [1.82, 2.24) is 5.32 Å². The summed E-state index contributed by atoms with van der Waals surface area (Å²) in [6.07, 6.45) is 2.34. The van der Waals surface area contributed by atoms with E-state index in [2.05, 4.69) is 44.1 Å². The average molecular weight is 353 g/mol. The molecule has 0 aromatic carbocycles. The van der Waals surface area contributed by atoms with Gasteiger partial charge in [0.2, 0.25) is 0 Å². The van der Waals surface area contributed by atoms with Crippen molar-refractivity contribution in [2.75, 3.05) is 0 Å². The molecule has 1 N–H and O–H groups in total. The molecule has 15 heavy (non-hydrogen) atoms. The van der Waals surface area contributed by atoms with Crippen LogP contribution in [0.1, 0.15) is 29.4 Å². The van der Waals surface area contributed by atoms with Crippen molar-refractivity contribution in [3.05, 3.63) is 19.2 Å². The smallest absolute Gasteiger partial charge is 0.261 e. The third-order valence-corrected chi connectivity index (χ3v) is 6.06. The van der Waals surface area contributed by atoms with E-state index in [9.17, 15) is 4.79 Å². The second-order valence-electron chi connectivity index (χ2n) is 3.87. The fourth-order valence-corrected chi connectivity index (χ4v) is 3.52. The Labute approximate surface area is 110 Å². The Balaban J connectivity index is 2.01. The molecule has 0 saturated heterocycles. The van der Waals surface area contributed by atoms with Crippen molar-refractivity contribution in [2.24, 2.45) is 5.92 Å². The summed E-state index contributed by atoms with van der Waals surface area (Å²) in [5, 5.41) is 3.05. The lowest BCUT2D eigenvalue weighted by molar-refractivity contribution is 0.0888. The Morgan fingerprint density at radius 2 is 2.27 bits per heavy atom. The maximum atomic E-state index is 11.8. The summed E-state index contributed by atoms with van der Waals surface area (Å²) in [5.41, 5.74) is 0. The van der Waals surface area contributed by atoms with Gasteiger partial charge in [0.25, 0.3) is 5.91 Å². The van der Waals surface area contributed by atoms with Crippen LogP contribution in [-0.4, -0.2) is 11.9 Å². The first-order valence-corrected chi connectivity index (χ1v) is 7.24. The zero-order chi connectivity index (χ0) is 11.0. The highest BCUT2D eigenvalue weighted by molar-refractivity contribution is 9.13. The van der Waals surface area contributed by atoms with E-state index in [0.29, 0.717) is 12.0 Å². The quantitative estimate of drug-likeness (QED) is 0.861. The maximum Gasteiger partial charge on any atom is 0.261 e. The van der Waals surface area contributed by atoms with Crippen LogP contribution in [0, 0.1) is 5.92 Å². The van der Waals surface area contributed by atoms with Gasteiger partial charge in [-0.3, -0.25) is 4.79 Å². The lowest BCUT2D eigenvalue weighted by Gasteiger charge is -2.34. The molecule has 0 bridgehead atoms. The number of halogens is 2. The second-order valence-corrected chi connectivity index (χ2v) is 7.09. The minimum Gasteiger partial charge on any atom is -0.348 e. The van der Waals surface area contributed by atoms with E-state index in [1.165, 1.54) is 17.8 Å². The topological polar surface area (TPSA) is 29.1 Å². The van der Waals surface area contributed by atoms with Crippen LogP contribution in [-0.2, 0) is 0 Å². The number of nitrogens with one attached hydrogen (secondary N) is 1. The molecule has 1 saturated carbocycles. The van der Waals surface area contributed by atoms with Gasteiger partial charge in [0.1, 0.15) is 0 Å². The first kappa shape index (κ1) is 11.6. The third-order valence-electron chi connectivity index (χ3n) is 2.81. The average Bonchev–Trinajstić information content (AvgIpc) is 2.53. The summed E-state index contributed by atoms with van der Waals surface area (Å²) in [6, 6.07) is 2.23. The molecule has 0 aliphatic heterocycles. The van der Waals surface area contributed by atoms with Crippen LogP contribution in [0.3, 0.4) is 0 Å². The number of carbonyl (C=O) groups is 1. The standard InChI is InChI=1S/C10H11Br2NOS/c1-5-2-3-7(5)13-10(14)8-4-6(11)9(12)15-8/h4-5,7H,2-3H2,1H3,(H,13,14). The van der Waals surface area contributed by atoms with E-state index in [4.69, 9.17) is 0 Å². The Bertz CT molecular complexity index is 371. The van der Waals surface area contributed by atoms with Crippen molar-refractivity contribution in [3.63, 3.8) is 0 Å². The zero-order valence-electron chi connectivity index (χ0n) is 8.22. The molecule has 2 nitrogen and oxygen atoms in total. The highest BCUT2D eigenvalue weighted by Crippen LogP contribution is 2.33. The van der Waals surface area contributed by atoms with E-state index < -0.39 is 0 Å². The normalized spacial score (nSPS) is 24.7. The molecule has 1 aliphatic rings. The molecule has 1 heterocycles. The van der Waals surface area contributed by atoms with Gasteiger partial charge in [-0.25, -0.2) is 0 Å². The molecule has 2 unspecified atom stereocenters. The van der Waals surface area contributed by atoms with Crippen LogP contribution in [0.5, 0.6) is 0 Å². The van der Waals surface area contributed by atoms with Crippen molar-refractivity contribution in [2.45, 2.75) is 25.8 Å². The molecule has 0 spiro atoms. The molecule has 1 fully saturated rings. The highest BCUT2D eigenvalue weighted by atomic mass is 79.9. The van der Waals surface area contributed by atoms with Gasteiger partial charge in [0.15, 0.2) is 0 Å². The molecular formula is C10H11Br2NOS.